The van der Waals surface area contributed by atoms with Crippen molar-refractivity contribution < 1.29 is 5.11 Å². The van der Waals surface area contributed by atoms with Crippen LogP contribution in [0, 0.1) is 5.41 Å². The fourth-order valence-electron chi connectivity index (χ4n) is 2.90. The minimum atomic E-state index is 0.210. The molecule has 2 heteroatoms. The molecule has 0 spiro atoms. The zero-order chi connectivity index (χ0) is 12.4. The Kier molecular flexibility index (Phi) is 7.87. The van der Waals surface area contributed by atoms with Crippen LogP contribution in [0.4, 0.5) is 0 Å². The van der Waals surface area contributed by atoms with Gasteiger partial charge in [0, 0.05) is 18.6 Å². The molecule has 0 saturated heterocycles. The van der Waals surface area contributed by atoms with E-state index in [1.54, 1.807) is 0 Å². The van der Waals surface area contributed by atoms with Gasteiger partial charge in [-0.2, -0.15) is 0 Å². The molecule has 102 valence electrons. The molecule has 0 amide bonds. The molecule has 0 heterocycles. The lowest BCUT2D eigenvalue weighted by molar-refractivity contribution is 0.0814. The highest BCUT2D eigenvalue weighted by Gasteiger charge is 2.30. The summed E-state index contributed by atoms with van der Waals surface area (Å²) in [5, 5.41) is 13.1. The van der Waals surface area contributed by atoms with Gasteiger partial charge in [0.25, 0.3) is 0 Å². The number of nitrogens with one attached hydrogen (secondary N) is 1. The normalized spacial score (nSPS) is 19.4. The third kappa shape index (κ3) is 5.87. The van der Waals surface area contributed by atoms with Gasteiger partial charge < -0.3 is 10.4 Å². The van der Waals surface area contributed by atoms with Gasteiger partial charge in [-0.15, -0.1) is 0 Å². The first-order valence-electron chi connectivity index (χ1n) is 7.64. The zero-order valence-electron chi connectivity index (χ0n) is 11.6. The van der Waals surface area contributed by atoms with E-state index in [4.69, 9.17) is 0 Å². The molecule has 0 atom stereocenters. The molecule has 0 unspecified atom stereocenters. The second kappa shape index (κ2) is 8.93. The molecule has 0 aromatic carbocycles. The molecule has 2 nitrogen and oxygen atoms in total. The van der Waals surface area contributed by atoms with Crippen LogP contribution in [0.3, 0.4) is 0 Å². The summed E-state index contributed by atoms with van der Waals surface area (Å²) in [6, 6.07) is 0. The van der Waals surface area contributed by atoms with Gasteiger partial charge in [0.05, 0.1) is 0 Å². The van der Waals surface area contributed by atoms with E-state index in [0.29, 0.717) is 6.61 Å². The SMILES string of the molecule is CCCCCCCNCC1(CO)CCCCC1. The summed E-state index contributed by atoms with van der Waals surface area (Å²) in [7, 11) is 0. The van der Waals surface area contributed by atoms with Crippen molar-refractivity contribution in [3.8, 4) is 0 Å². The molecule has 1 saturated carbocycles. The Balaban J connectivity index is 2.03. The number of hydrogen-bond acceptors (Lipinski definition) is 2. The fraction of sp³-hybridized carbons (Fsp3) is 1.00. The molecule has 0 bridgehead atoms. The maximum absolute atomic E-state index is 9.57. The van der Waals surface area contributed by atoms with Crippen LogP contribution >= 0.6 is 0 Å². The molecular formula is C15H31NO. The first-order chi connectivity index (χ1) is 8.33. The Morgan fingerprint density at radius 1 is 1.00 bits per heavy atom. The maximum Gasteiger partial charge on any atom is 0.0499 e. The molecule has 1 aliphatic carbocycles. The topological polar surface area (TPSA) is 32.3 Å². The Bertz CT molecular complexity index is 176. The average Bonchev–Trinajstić information content (AvgIpc) is 2.39. The molecule has 0 aromatic rings. The lowest BCUT2D eigenvalue weighted by Crippen LogP contribution is -2.39. The summed E-state index contributed by atoms with van der Waals surface area (Å²) in [6.07, 6.45) is 13.1. The number of aliphatic hydroxyl groups excluding tert-OH is 1. The molecule has 2 N–H and O–H groups in total. The molecule has 1 fully saturated rings. The van der Waals surface area contributed by atoms with E-state index < -0.39 is 0 Å². The highest BCUT2D eigenvalue weighted by Crippen LogP contribution is 2.35. The van der Waals surface area contributed by atoms with Crippen LogP contribution in [0.1, 0.15) is 71.1 Å². The monoisotopic (exact) mass is 241 g/mol. The fourth-order valence-corrected chi connectivity index (χ4v) is 2.90. The third-order valence-corrected chi connectivity index (χ3v) is 4.21. The summed E-state index contributed by atoms with van der Waals surface area (Å²) in [6.45, 7) is 4.78. The predicted molar refractivity (Wildman–Crippen MR) is 74.2 cm³/mol. The van der Waals surface area contributed by atoms with Crippen LogP contribution in [0.25, 0.3) is 0 Å². The average molecular weight is 241 g/mol. The largest absolute Gasteiger partial charge is 0.396 e. The minimum Gasteiger partial charge on any atom is -0.396 e. The lowest BCUT2D eigenvalue weighted by atomic mass is 9.74. The lowest BCUT2D eigenvalue weighted by Gasteiger charge is -2.35. The van der Waals surface area contributed by atoms with Crippen LogP contribution in [-0.2, 0) is 0 Å². The maximum atomic E-state index is 9.57. The van der Waals surface area contributed by atoms with Crippen molar-refractivity contribution in [2.24, 2.45) is 5.41 Å². The first-order valence-corrected chi connectivity index (χ1v) is 7.64. The smallest absolute Gasteiger partial charge is 0.0499 e. The van der Waals surface area contributed by atoms with E-state index in [9.17, 15) is 5.11 Å². The predicted octanol–water partition coefficient (Wildman–Crippen LogP) is 3.49. The Morgan fingerprint density at radius 2 is 1.71 bits per heavy atom. The highest BCUT2D eigenvalue weighted by molar-refractivity contribution is 4.84. The van der Waals surface area contributed by atoms with Crippen molar-refractivity contribution >= 4 is 0 Å². The first kappa shape index (κ1) is 15.0. The van der Waals surface area contributed by atoms with Crippen LogP contribution in [0.2, 0.25) is 0 Å². The van der Waals surface area contributed by atoms with E-state index in [2.05, 4.69) is 12.2 Å². The summed E-state index contributed by atoms with van der Waals surface area (Å²) >= 11 is 0. The Hall–Kier alpha value is -0.0800. The zero-order valence-corrected chi connectivity index (χ0v) is 11.6. The highest BCUT2D eigenvalue weighted by atomic mass is 16.3. The summed E-state index contributed by atoms with van der Waals surface area (Å²) < 4.78 is 0. The molecule has 0 aromatic heterocycles. The van der Waals surface area contributed by atoms with Crippen LogP contribution in [0.5, 0.6) is 0 Å². The third-order valence-electron chi connectivity index (χ3n) is 4.21. The molecule has 1 aliphatic rings. The van der Waals surface area contributed by atoms with E-state index in [1.807, 2.05) is 0 Å². The number of rotatable bonds is 9. The summed E-state index contributed by atoms with van der Waals surface area (Å²) in [5.41, 5.74) is 0.210. The molecular weight excluding hydrogens is 210 g/mol. The van der Waals surface area contributed by atoms with Gasteiger partial charge in [0.15, 0.2) is 0 Å². The molecule has 0 aliphatic heterocycles. The van der Waals surface area contributed by atoms with Crippen molar-refractivity contribution in [2.75, 3.05) is 19.7 Å². The summed E-state index contributed by atoms with van der Waals surface area (Å²) in [5.74, 6) is 0. The minimum absolute atomic E-state index is 0.210. The van der Waals surface area contributed by atoms with E-state index >= 15 is 0 Å². The summed E-state index contributed by atoms with van der Waals surface area (Å²) in [4.78, 5) is 0. The second-order valence-electron chi connectivity index (χ2n) is 5.81. The molecule has 17 heavy (non-hydrogen) atoms. The van der Waals surface area contributed by atoms with Crippen LogP contribution in [-0.4, -0.2) is 24.8 Å². The second-order valence-corrected chi connectivity index (χ2v) is 5.81. The number of unbranched alkanes of at least 4 members (excludes halogenated alkanes) is 4. The van der Waals surface area contributed by atoms with Crippen molar-refractivity contribution in [3.05, 3.63) is 0 Å². The van der Waals surface area contributed by atoms with Gasteiger partial charge in [-0.25, -0.2) is 0 Å². The van der Waals surface area contributed by atoms with Crippen LogP contribution in [0.15, 0.2) is 0 Å². The van der Waals surface area contributed by atoms with Crippen molar-refractivity contribution in [1.82, 2.24) is 5.32 Å². The Morgan fingerprint density at radius 3 is 2.35 bits per heavy atom. The molecule has 1 rings (SSSR count). The van der Waals surface area contributed by atoms with Gasteiger partial charge in [0.2, 0.25) is 0 Å². The van der Waals surface area contributed by atoms with Gasteiger partial charge in [0.1, 0.15) is 0 Å². The van der Waals surface area contributed by atoms with Gasteiger partial charge in [-0.1, -0.05) is 51.9 Å². The van der Waals surface area contributed by atoms with Gasteiger partial charge >= 0.3 is 0 Å². The van der Waals surface area contributed by atoms with Crippen molar-refractivity contribution in [3.63, 3.8) is 0 Å². The van der Waals surface area contributed by atoms with Crippen molar-refractivity contribution in [1.29, 1.82) is 0 Å². The van der Waals surface area contributed by atoms with E-state index in [0.717, 1.165) is 13.1 Å². The number of aliphatic hydroxyl groups is 1. The number of hydrogen-bond donors (Lipinski definition) is 2. The quantitative estimate of drug-likeness (QED) is 0.606. The van der Waals surface area contributed by atoms with Crippen molar-refractivity contribution in [2.45, 2.75) is 71.1 Å². The van der Waals surface area contributed by atoms with Gasteiger partial charge in [-0.05, 0) is 25.8 Å². The standard InChI is InChI=1S/C15H31NO/c1-2-3-4-5-9-12-16-13-15(14-17)10-7-6-8-11-15/h16-17H,2-14H2,1H3. The molecule has 0 radical (unpaired) electrons. The van der Waals surface area contributed by atoms with E-state index in [1.165, 1.54) is 64.2 Å². The van der Waals surface area contributed by atoms with E-state index in [-0.39, 0.29) is 5.41 Å². The van der Waals surface area contributed by atoms with Gasteiger partial charge in [-0.3, -0.25) is 0 Å². The van der Waals surface area contributed by atoms with Crippen LogP contribution < -0.4 is 5.32 Å². The Labute approximate surface area is 107 Å².